The number of rotatable bonds is 7. The Balaban J connectivity index is 1.68. The van der Waals surface area contributed by atoms with Crippen LogP contribution in [0.3, 0.4) is 0 Å². The third-order valence-corrected chi connectivity index (χ3v) is 4.15. The molecule has 3 aromatic carbocycles. The molecule has 1 atom stereocenters. The standard InChI is InChI=1S/C20H20N4O/c1-15(19-11-5-8-17-7-2-3-10-20(17)19)22-13-16-6-4-9-18(12-16)25-14-23-24-21/h2-12,15,22H,13-14H2,1H3/t15-/m0/s1. The highest BCUT2D eigenvalue weighted by molar-refractivity contribution is 5.86. The number of ether oxygens (including phenoxy) is 1. The third kappa shape index (κ3) is 4.29. The Kier molecular flexibility index (Phi) is 5.52. The first-order valence-corrected chi connectivity index (χ1v) is 8.21. The highest BCUT2D eigenvalue weighted by Gasteiger charge is 2.08. The summed E-state index contributed by atoms with van der Waals surface area (Å²) in [5.74, 6) is 0.699. The van der Waals surface area contributed by atoms with E-state index in [-0.39, 0.29) is 12.8 Å². The van der Waals surface area contributed by atoms with Crippen molar-refractivity contribution in [3.8, 4) is 5.75 Å². The number of fused-ring (bicyclic) bond motifs is 1. The summed E-state index contributed by atoms with van der Waals surface area (Å²) in [6.07, 6.45) is 0. The maximum absolute atomic E-state index is 8.30. The summed E-state index contributed by atoms with van der Waals surface area (Å²) in [5, 5.41) is 9.47. The fourth-order valence-electron chi connectivity index (χ4n) is 2.88. The average molecular weight is 332 g/mol. The molecule has 0 radical (unpaired) electrons. The van der Waals surface area contributed by atoms with Crippen LogP contribution in [0.25, 0.3) is 21.2 Å². The molecule has 0 spiro atoms. The van der Waals surface area contributed by atoms with Gasteiger partial charge < -0.3 is 10.1 Å². The Hall–Kier alpha value is -3.01. The van der Waals surface area contributed by atoms with Gasteiger partial charge in [-0.2, -0.15) is 0 Å². The predicted molar refractivity (Wildman–Crippen MR) is 100 cm³/mol. The predicted octanol–water partition coefficient (Wildman–Crippen LogP) is 5.34. The molecule has 5 nitrogen and oxygen atoms in total. The van der Waals surface area contributed by atoms with Crippen LogP contribution in [0, 0.1) is 0 Å². The van der Waals surface area contributed by atoms with Gasteiger partial charge in [-0.3, -0.25) is 0 Å². The van der Waals surface area contributed by atoms with Crippen molar-refractivity contribution in [3.05, 3.63) is 88.3 Å². The summed E-state index contributed by atoms with van der Waals surface area (Å²) in [4.78, 5) is 2.68. The zero-order chi connectivity index (χ0) is 17.5. The molecule has 0 unspecified atom stereocenters. The van der Waals surface area contributed by atoms with E-state index < -0.39 is 0 Å². The van der Waals surface area contributed by atoms with Crippen LogP contribution in [0.4, 0.5) is 0 Å². The Morgan fingerprint density at radius 1 is 1.08 bits per heavy atom. The van der Waals surface area contributed by atoms with E-state index >= 15 is 0 Å². The Bertz CT molecular complexity index is 898. The zero-order valence-corrected chi connectivity index (χ0v) is 14.1. The normalized spacial score (nSPS) is 11.7. The van der Waals surface area contributed by atoms with Crippen LogP contribution in [0.1, 0.15) is 24.1 Å². The van der Waals surface area contributed by atoms with Crippen LogP contribution in [0.5, 0.6) is 5.75 Å². The Labute approximate surface area is 146 Å². The van der Waals surface area contributed by atoms with Gasteiger partial charge in [-0.25, -0.2) is 0 Å². The summed E-state index contributed by atoms with van der Waals surface area (Å²) < 4.78 is 5.39. The first kappa shape index (κ1) is 16.8. The molecule has 0 aliphatic carbocycles. The SMILES string of the molecule is C[C@H](NCc1cccc(OCN=[N+]=[N-])c1)c1cccc2ccccc12. The van der Waals surface area contributed by atoms with Crippen LogP contribution in [-0.4, -0.2) is 6.73 Å². The van der Waals surface area contributed by atoms with E-state index in [2.05, 4.69) is 64.7 Å². The molecule has 0 aliphatic heterocycles. The lowest BCUT2D eigenvalue weighted by Crippen LogP contribution is -2.18. The smallest absolute Gasteiger partial charge is 0.167 e. The number of benzene rings is 3. The highest BCUT2D eigenvalue weighted by atomic mass is 16.5. The van der Waals surface area contributed by atoms with Gasteiger partial charge in [-0.1, -0.05) is 59.7 Å². The summed E-state index contributed by atoms with van der Waals surface area (Å²) in [6, 6.07) is 22.8. The van der Waals surface area contributed by atoms with E-state index in [0.29, 0.717) is 5.75 Å². The van der Waals surface area contributed by atoms with Gasteiger partial charge in [0, 0.05) is 17.5 Å². The van der Waals surface area contributed by atoms with Crippen LogP contribution < -0.4 is 10.1 Å². The summed E-state index contributed by atoms with van der Waals surface area (Å²) >= 11 is 0. The minimum atomic E-state index is -0.000209. The molecule has 0 amide bonds. The quantitative estimate of drug-likeness (QED) is 0.360. The van der Waals surface area contributed by atoms with Crippen molar-refractivity contribution in [1.82, 2.24) is 5.32 Å². The molecule has 5 heteroatoms. The minimum absolute atomic E-state index is 0.000209. The van der Waals surface area contributed by atoms with E-state index in [4.69, 9.17) is 10.3 Å². The Morgan fingerprint density at radius 2 is 1.88 bits per heavy atom. The lowest BCUT2D eigenvalue weighted by Gasteiger charge is -2.17. The van der Waals surface area contributed by atoms with Crippen molar-refractivity contribution >= 4 is 10.8 Å². The molecule has 0 aliphatic rings. The molecule has 0 heterocycles. The number of nitrogens with zero attached hydrogens (tertiary/aromatic N) is 3. The maximum Gasteiger partial charge on any atom is 0.167 e. The van der Waals surface area contributed by atoms with Gasteiger partial charge in [0.15, 0.2) is 6.73 Å². The molecule has 0 bridgehead atoms. The van der Waals surface area contributed by atoms with Gasteiger partial charge in [-0.15, -0.1) is 0 Å². The minimum Gasteiger partial charge on any atom is -0.488 e. The van der Waals surface area contributed by atoms with Gasteiger partial charge in [-0.05, 0) is 46.5 Å². The van der Waals surface area contributed by atoms with Crippen molar-refractivity contribution in [2.24, 2.45) is 5.11 Å². The van der Waals surface area contributed by atoms with Crippen LogP contribution in [0.15, 0.2) is 71.8 Å². The second kappa shape index (κ2) is 8.20. The number of nitrogens with one attached hydrogen (secondary N) is 1. The highest BCUT2D eigenvalue weighted by Crippen LogP contribution is 2.24. The second-order valence-corrected chi connectivity index (χ2v) is 5.82. The second-order valence-electron chi connectivity index (χ2n) is 5.82. The Morgan fingerprint density at radius 3 is 2.76 bits per heavy atom. The zero-order valence-electron chi connectivity index (χ0n) is 14.1. The summed E-state index contributed by atoms with van der Waals surface area (Å²) in [7, 11) is 0. The fourth-order valence-corrected chi connectivity index (χ4v) is 2.88. The van der Waals surface area contributed by atoms with Crippen LogP contribution >= 0.6 is 0 Å². The summed E-state index contributed by atoms with van der Waals surface area (Å²) in [5.41, 5.74) is 10.7. The topological polar surface area (TPSA) is 70.0 Å². The monoisotopic (exact) mass is 332 g/mol. The number of hydrogen-bond acceptors (Lipinski definition) is 3. The van der Waals surface area contributed by atoms with Crippen LogP contribution in [-0.2, 0) is 6.54 Å². The third-order valence-electron chi connectivity index (χ3n) is 4.15. The number of hydrogen-bond donors (Lipinski definition) is 1. The van der Waals surface area contributed by atoms with Gasteiger partial charge >= 0.3 is 0 Å². The first-order chi connectivity index (χ1) is 12.3. The molecule has 0 aromatic heterocycles. The largest absolute Gasteiger partial charge is 0.488 e. The fraction of sp³-hybridized carbons (Fsp3) is 0.200. The maximum atomic E-state index is 8.30. The molecule has 25 heavy (non-hydrogen) atoms. The molecular weight excluding hydrogens is 312 g/mol. The van der Waals surface area contributed by atoms with Crippen LogP contribution in [0.2, 0.25) is 0 Å². The van der Waals surface area contributed by atoms with Crippen molar-refractivity contribution in [2.75, 3.05) is 6.73 Å². The lowest BCUT2D eigenvalue weighted by molar-refractivity contribution is 0.329. The van der Waals surface area contributed by atoms with E-state index in [1.54, 1.807) is 0 Å². The molecule has 0 saturated heterocycles. The van der Waals surface area contributed by atoms with E-state index in [1.807, 2.05) is 24.3 Å². The molecule has 3 rings (SSSR count). The molecule has 126 valence electrons. The molecule has 0 fully saturated rings. The molecule has 0 saturated carbocycles. The molecule has 3 aromatic rings. The molecular formula is C20H20N4O. The van der Waals surface area contributed by atoms with Gasteiger partial charge in [0.1, 0.15) is 5.75 Å². The lowest BCUT2D eigenvalue weighted by atomic mass is 9.99. The number of azide groups is 1. The average Bonchev–Trinajstić information content (AvgIpc) is 2.66. The van der Waals surface area contributed by atoms with Crippen molar-refractivity contribution in [1.29, 1.82) is 0 Å². The van der Waals surface area contributed by atoms with Gasteiger partial charge in [0.05, 0.1) is 0 Å². The van der Waals surface area contributed by atoms with Crippen molar-refractivity contribution in [2.45, 2.75) is 19.5 Å². The van der Waals surface area contributed by atoms with Gasteiger partial charge in [0.25, 0.3) is 0 Å². The first-order valence-electron chi connectivity index (χ1n) is 8.21. The summed E-state index contributed by atoms with van der Waals surface area (Å²) in [6.45, 7) is 2.90. The van der Waals surface area contributed by atoms with E-state index in [9.17, 15) is 0 Å². The van der Waals surface area contributed by atoms with E-state index in [1.165, 1.54) is 16.3 Å². The van der Waals surface area contributed by atoms with Crippen molar-refractivity contribution in [3.63, 3.8) is 0 Å². The van der Waals surface area contributed by atoms with Gasteiger partial charge in [0.2, 0.25) is 0 Å². The van der Waals surface area contributed by atoms with Crippen molar-refractivity contribution < 1.29 is 4.74 Å². The molecule has 1 N–H and O–H groups in total. The van der Waals surface area contributed by atoms with E-state index in [0.717, 1.165) is 12.1 Å².